The van der Waals surface area contributed by atoms with Gasteiger partial charge in [0.15, 0.2) is 5.82 Å². The predicted molar refractivity (Wildman–Crippen MR) is 106 cm³/mol. The molecule has 0 bridgehead atoms. The Morgan fingerprint density at radius 3 is 2.22 bits per heavy atom. The summed E-state index contributed by atoms with van der Waals surface area (Å²) in [5.41, 5.74) is 2.23. The zero-order valence-corrected chi connectivity index (χ0v) is 14.4. The number of nitrogens with one attached hydrogen (secondary N) is 3. The van der Waals surface area contributed by atoms with Crippen molar-refractivity contribution >= 4 is 23.2 Å². The van der Waals surface area contributed by atoms with E-state index in [0.717, 1.165) is 11.3 Å². The molecule has 0 unspecified atom stereocenters. The van der Waals surface area contributed by atoms with Gasteiger partial charge in [0.05, 0.1) is 0 Å². The number of aromatic nitrogens is 3. The van der Waals surface area contributed by atoms with Crippen molar-refractivity contribution in [2.24, 2.45) is 0 Å². The van der Waals surface area contributed by atoms with Gasteiger partial charge in [-0.05, 0) is 24.3 Å². The van der Waals surface area contributed by atoms with Gasteiger partial charge in [0, 0.05) is 23.5 Å². The van der Waals surface area contributed by atoms with Crippen LogP contribution in [0, 0.1) is 0 Å². The number of H-pyrrole nitrogens is 1. The highest BCUT2D eigenvalue weighted by Gasteiger charge is 2.11. The first-order chi connectivity index (χ1) is 13.3. The molecule has 0 saturated carbocycles. The van der Waals surface area contributed by atoms with Gasteiger partial charge in [-0.2, -0.15) is 0 Å². The topological polar surface area (TPSA) is 82.7 Å². The normalized spacial score (nSPS) is 10.4. The minimum absolute atomic E-state index is 0.261. The number of nitrogens with zero attached hydrogens (tertiary/aromatic N) is 2. The molecule has 0 aliphatic heterocycles. The first-order valence-electron chi connectivity index (χ1n) is 8.49. The van der Waals surface area contributed by atoms with Gasteiger partial charge >= 0.3 is 0 Å². The molecule has 6 heteroatoms. The summed E-state index contributed by atoms with van der Waals surface area (Å²) in [6, 6.07) is 24.5. The van der Waals surface area contributed by atoms with Crippen molar-refractivity contribution in [3.63, 3.8) is 0 Å². The Morgan fingerprint density at radius 1 is 0.815 bits per heavy atom. The molecule has 0 aliphatic carbocycles. The fraction of sp³-hybridized carbons (Fsp3) is 0. The molecule has 0 aliphatic rings. The number of rotatable bonds is 5. The van der Waals surface area contributed by atoms with E-state index in [2.05, 4.69) is 25.6 Å². The van der Waals surface area contributed by atoms with Crippen LogP contribution in [-0.4, -0.2) is 20.9 Å². The molecule has 4 rings (SSSR count). The zero-order chi connectivity index (χ0) is 18.5. The molecule has 0 atom stereocenters. The minimum Gasteiger partial charge on any atom is -0.357 e. The Balaban J connectivity index is 1.69. The second-order valence-corrected chi connectivity index (χ2v) is 5.86. The van der Waals surface area contributed by atoms with Crippen LogP contribution in [0.5, 0.6) is 0 Å². The SMILES string of the molecule is O=C(Nc1cc(Nc2ccccc2)nc(-c2ccccc2)n1)c1ccc[nH]1. The van der Waals surface area contributed by atoms with Gasteiger partial charge in [-0.15, -0.1) is 0 Å². The molecule has 2 aromatic carbocycles. The number of anilines is 3. The van der Waals surface area contributed by atoms with E-state index in [1.807, 2.05) is 60.7 Å². The maximum absolute atomic E-state index is 12.4. The third-order valence-corrected chi connectivity index (χ3v) is 3.89. The molecule has 0 fully saturated rings. The smallest absolute Gasteiger partial charge is 0.273 e. The van der Waals surface area contributed by atoms with Crippen molar-refractivity contribution in [1.29, 1.82) is 0 Å². The Morgan fingerprint density at radius 2 is 1.52 bits per heavy atom. The average Bonchev–Trinajstić information content (AvgIpc) is 3.24. The maximum Gasteiger partial charge on any atom is 0.273 e. The lowest BCUT2D eigenvalue weighted by molar-refractivity contribution is 0.102. The van der Waals surface area contributed by atoms with E-state index >= 15 is 0 Å². The van der Waals surface area contributed by atoms with Gasteiger partial charge < -0.3 is 15.6 Å². The van der Waals surface area contributed by atoms with Gasteiger partial charge in [-0.1, -0.05) is 48.5 Å². The van der Waals surface area contributed by atoms with Gasteiger partial charge in [-0.25, -0.2) is 9.97 Å². The quantitative estimate of drug-likeness (QED) is 0.493. The molecular formula is C21H17N5O. The first kappa shape index (κ1) is 16.5. The van der Waals surface area contributed by atoms with E-state index in [0.29, 0.717) is 23.2 Å². The number of benzene rings is 2. The first-order valence-corrected chi connectivity index (χ1v) is 8.49. The molecule has 0 spiro atoms. The predicted octanol–water partition coefficient (Wildman–Crippen LogP) is 4.47. The maximum atomic E-state index is 12.4. The van der Waals surface area contributed by atoms with Crippen LogP contribution in [0.25, 0.3) is 11.4 Å². The summed E-state index contributed by atoms with van der Waals surface area (Å²) in [6.07, 6.45) is 1.70. The second kappa shape index (κ2) is 7.53. The number of aromatic amines is 1. The van der Waals surface area contributed by atoms with Crippen LogP contribution in [0.15, 0.2) is 85.1 Å². The largest absolute Gasteiger partial charge is 0.357 e. The summed E-state index contributed by atoms with van der Waals surface area (Å²) in [7, 11) is 0. The van der Waals surface area contributed by atoms with Crippen molar-refractivity contribution in [2.75, 3.05) is 10.6 Å². The molecule has 1 amide bonds. The van der Waals surface area contributed by atoms with Crippen LogP contribution in [-0.2, 0) is 0 Å². The van der Waals surface area contributed by atoms with Crippen LogP contribution in [0.2, 0.25) is 0 Å². The molecular weight excluding hydrogens is 338 g/mol. The van der Waals surface area contributed by atoms with E-state index in [4.69, 9.17) is 0 Å². The number of hydrogen-bond donors (Lipinski definition) is 3. The highest BCUT2D eigenvalue weighted by Crippen LogP contribution is 2.23. The van der Waals surface area contributed by atoms with Crippen LogP contribution in [0.1, 0.15) is 10.5 Å². The third kappa shape index (κ3) is 4.01. The Kier molecular flexibility index (Phi) is 4.61. The van der Waals surface area contributed by atoms with Crippen LogP contribution < -0.4 is 10.6 Å². The van der Waals surface area contributed by atoms with Crippen molar-refractivity contribution in [1.82, 2.24) is 15.0 Å². The minimum atomic E-state index is -0.261. The van der Waals surface area contributed by atoms with Gasteiger partial charge in [0.2, 0.25) is 0 Å². The molecule has 132 valence electrons. The van der Waals surface area contributed by atoms with E-state index in [1.165, 1.54) is 0 Å². The lowest BCUT2D eigenvalue weighted by atomic mass is 10.2. The second-order valence-electron chi connectivity index (χ2n) is 5.86. The Hall–Kier alpha value is -3.93. The van der Waals surface area contributed by atoms with E-state index < -0.39 is 0 Å². The van der Waals surface area contributed by atoms with Crippen LogP contribution >= 0.6 is 0 Å². The van der Waals surface area contributed by atoms with Crippen LogP contribution in [0.3, 0.4) is 0 Å². The molecule has 3 N–H and O–H groups in total. The molecule has 6 nitrogen and oxygen atoms in total. The number of amides is 1. The molecule has 2 heterocycles. The molecule has 2 aromatic heterocycles. The Bertz CT molecular complexity index is 1030. The molecule has 0 saturated heterocycles. The standard InChI is InChI=1S/C21H17N5O/c27-21(17-12-7-13-22-17)26-19-14-18(23-16-10-5-2-6-11-16)24-20(25-19)15-8-3-1-4-9-15/h1-14,22H,(H2,23,24,25,26,27). The summed E-state index contributed by atoms with van der Waals surface area (Å²) in [4.78, 5) is 24.3. The number of carbonyl (C=O) groups is 1. The number of carbonyl (C=O) groups excluding carboxylic acids is 1. The summed E-state index contributed by atoms with van der Waals surface area (Å²) in [5.74, 6) is 1.28. The average molecular weight is 355 g/mol. The molecule has 4 aromatic rings. The van der Waals surface area contributed by atoms with Crippen molar-refractivity contribution in [2.45, 2.75) is 0 Å². The summed E-state index contributed by atoms with van der Waals surface area (Å²) < 4.78 is 0. The summed E-state index contributed by atoms with van der Waals surface area (Å²) in [5, 5.41) is 6.07. The number of para-hydroxylation sites is 1. The fourth-order valence-corrected chi connectivity index (χ4v) is 2.62. The highest BCUT2D eigenvalue weighted by atomic mass is 16.1. The Labute approximate surface area is 156 Å². The highest BCUT2D eigenvalue weighted by molar-refractivity contribution is 6.02. The van der Waals surface area contributed by atoms with Gasteiger partial charge in [-0.3, -0.25) is 4.79 Å². The summed E-state index contributed by atoms with van der Waals surface area (Å²) in [6.45, 7) is 0. The lowest BCUT2D eigenvalue weighted by Crippen LogP contribution is -2.14. The van der Waals surface area contributed by atoms with Crippen molar-refractivity contribution in [3.8, 4) is 11.4 Å². The van der Waals surface area contributed by atoms with Crippen molar-refractivity contribution < 1.29 is 4.79 Å². The number of hydrogen-bond acceptors (Lipinski definition) is 4. The van der Waals surface area contributed by atoms with Crippen LogP contribution in [0.4, 0.5) is 17.3 Å². The zero-order valence-electron chi connectivity index (χ0n) is 14.4. The van der Waals surface area contributed by atoms with Gasteiger partial charge in [0.1, 0.15) is 17.3 Å². The van der Waals surface area contributed by atoms with Crippen molar-refractivity contribution in [3.05, 3.63) is 90.8 Å². The molecule has 0 radical (unpaired) electrons. The fourth-order valence-electron chi connectivity index (χ4n) is 2.62. The van der Waals surface area contributed by atoms with E-state index in [-0.39, 0.29) is 5.91 Å². The monoisotopic (exact) mass is 355 g/mol. The van der Waals surface area contributed by atoms with E-state index in [1.54, 1.807) is 24.4 Å². The van der Waals surface area contributed by atoms with E-state index in [9.17, 15) is 4.79 Å². The third-order valence-electron chi connectivity index (χ3n) is 3.89. The van der Waals surface area contributed by atoms with Gasteiger partial charge in [0.25, 0.3) is 5.91 Å². The summed E-state index contributed by atoms with van der Waals surface area (Å²) >= 11 is 0. The molecule has 27 heavy (non-hydrogen) atoms. The lowest BCUT2D eigenvalue weighted by Gasteiger charge is -2.11.